The van der Waals surface area contributed by atoms with E-state index in [-0.39, 0.29) is 12.4 Å². The number of para-hydroxylation sites is 1. The first-order valence-electron chi connectivity index (χ1n) is 9.63. The number of aryl methyl sites for hydroxylation is 1. The molecule has 0 amide bonds. The molecule has 0 atom stereocenters. The Bertz CT molecular complexity index is 1110. The van der Waals surface area contributed by atoms with Crippen LogP contribution in [0.5, 0.6) is 5.75 Å². The average molecular weight is 402 g/mol. The molecule has 0 spiro atoms. The Kier molecular flexibility index (Phi) is 5.63. The number of benzene rings is 2. The molecule has 146 valence electrons. The molecule has 0 saturated carbocycles. The Hall–Kier alpha value is -3.11. The summed E-state index contributed by atoms with van der Waals surface area (Å²) in [6.07, 6.45) is 0. The number of aromatic nitrogens is 1. The first-order valence-corrected chi connectivity index (χ1v) is 10.5. The minimum atomic E-state index is -0.00149. The van der Waals surface area contributed by atoms with Crippen molar-refractivity contribution in [2.75, 3.05) is 6.61 Å². The van der Waals surface area contributed by atoms with Crippen LogP contribution in [0.25, 0.3) is 11.1 Å². The smallest absolute Gasteiger partial charge is 0.202 e. The van der Waals surface area contributed by atoms with Crippen molar-refractivity contribution in [2.24, 2.45) is 0 Å². The van der Waals surface area contributed by atoms with Crippen molar-refractivity contribution in [1.29, 1.82) is 0 Å². The molecule has 0 aliphatic rings. The van der Waals surface area contributed by atoms with Crippen LogP contribution >= 0.6 is 11.3 Å². The fraction of sp³-hybridized carbons (Fsp3) is 0.160. The monoisotopic (exact) mass is 401 g/mol. The summed E-state index contributed by atoms with van der Waals surface area (Å²) >= 11 is 1.73. The molecule has 4 rings (SSSR count). The van der Waals surface area contributed by atoms with E-state index < -0.39 is 0 Å². The second kappa shape index (κ2) is 8.50. The molecule has 0 saturated heterocycles. The summed E-state index contributed by atoms with van der Waals surface area (Å²) in [7, 11) is 0. The first kappa shape index (κ1) is 19.2. The van der Waals surface area contributed by atoms with Crippen LogP contribution in [0.15, 0.2) is 78.2 Å². The van der Waals surface area contributed by atoms with Crippen molar-refractivity contribution in [3.8, 4) is 16.9 Å². The third-order valence-corrected chi connectivity index (χ3v) is 5.96. The van der Waals surface area contributed by atoms with E-state index in [0.717, 1.165) is 40.4 Å². The number of Topliss-reactive ketones (excluding diaryl/α,β-unsaturated/α-hetero) is 1. The van der Waals surface area contributed by atoms with Gasteiger partial charge in [-0.05, 0) is 43.0 Å². The number of carbonyl (C=O) groups excluding carboxylic acids is 1. The van der Waals surface area contributed by atoms with E-state index in [1.54, 1.807) is 11.3 Å². The van der Waals surface area contributed by atoms with Crippen molar-refractivity contribution in [3.05, 3.63) is 100 Å². The van der Waals surface area contributed by atoms with Crippen LogP contribution in [0.2, 0.25) is 0 Å². The fourth-order valence-corrected chi connectivity index (χ4v) is 4.25. The Morgan fingerprint density at radius 1 is 0.966 bits per heavy atom. The van der Waals surface area contributed by atoms with Crippen LogP contribution in [0.1, 0.15) is 26.6 Å². The van der Waals surface area contributed by atoms with E-state index in [4.69, 9.17) is 4.74 Å². The molecule has 4 aromatic rings. The molecule has 0 unspecified atom stereocenters. The number of nitrogens with zero attached hydrogens (tertiary/aromatic N) is 1. The predicted molar refractivity (Wildman–Crippen MR) is 119 cm³/mol. The van der Waals surface area contributed by atoms with Gasteiger partial charge in [-0.15, -0.1) is 11.3 Å². The van der Waals surface area contributed by atoms with Gasteiger partial charge < -0.3 is 9.30 Å². The van der Waals surface area contributed by atoms with Crippen molar-refractivity contribution < 1.29 is 9.53 Å². The number of thiophene rings is 1. The van der Waals surface area contributed by atoms with Gasteiger partial charge in [-0.2, -0.15) is 0 Å². The minimum absolute atomic E-state index is 0.00149. The molecule has 0 fully saturated rings. The van der Waals surface area contributed by atoms with E-state index in [1.165, 1.54) is 4.88 Å². The quantitative estimate of drug-likeness (QED) is 0.348. The normalized spacial score (nSPS) is 10.8. The molecule has 2 aromatic heterocycles. The molecule has 29 heavy (non-hydrogen) atoms. The van der Waals surface area contributed by atoms with Crippen molar-refractivity contribution >= 4 is 17.1 Å². The van der Waals surface area contributed by atoms with Crippen LogP contribution in [0, 0.1) is 13.8 Å². The standard InChI is InChI=1S/C25H23NO2S/c1-18-15-23(19(2)26(18)16-21-11-8-14-29-21)24(27)17-28-25-13-7-6-12-22(25)20-9-4-3-5-10-20/h3-15H,16-17H2,1-2H3. The summed E-state index contributed by atoms with van der Waals surface area (Å²) in [6.45, 7) is 4.86. The summed E-state index contributed by atoms with van der Waals surface area (Å²) in [5.74, 6) is 0.720. The van der Waals surface area contributed by atoms with Gasteiger partial charge >= 0.3 is 0 Å². The SMILES string of the molecule is Cc1cc(C(=O)COc2ccccc2-c2ccccc2)c(C)n1Cc1cccs1. The van der Waals surface area contributed by atoms with Crippen LogP contribution < -0.4 is 4.74 Å². The molecule has 2 aromatic carbocycles. The van der Waals surface area contributed by atoms with Crippen molar-refractivity contribution in [2.45, 2.75) is 20.4 Å². The lowest BCUT2D eigenvalue weighted by Gasteiger charge is -2.12. The average Bonchev–Trinajstić information content (AvgIpc) is 3.37. The van der Waals surface area contributed by atoms with Gasteiger partial charge in [0.1, 0.15) is 5.75 Å². The molecular formula is C25H23NO2S. The zero-order chi connectivity index (χ0) is 20.2. The van der Waals surface area contributed by atoms with E-state index in [2.05, 4.69) is 22.1 Å². The number of rotatable bonds is 7. The summed E-state index contributed by atoms with van der Waals surface area (Å²) in [5.41, 5.74) is 4.87. The maximum absolute atomic E-state index is 12.9. The summed E-state index contributed by atoms with van der Waals surface area (Å²) in [6, 6.07) is 24.1. The van der Waals surface area contributed by atoms with E-state index in [9.17, 15) is 4.79 Å². The third kappa shape index (κ3) is 4.17. The second-order valence-corrected chi connectivity index (χ2v) is 8.06. The maximum Gasteiger partial charge on any atom is 0.202 e. The summed E-state index contributed by atoms with van der Waals surface area (Å²) in [5, 5.41) is 2.08. The van der Waals surface area contributed by atoms with Gasteiger partial charge in [0.25, 0.3) is 0 Å². The van der Waals surface area contributed by atoms with E-state index in [0.29, 0.717) is 0 Å². The number of ether oxygens (including phenoxy) is 1. The highest BCUT2D eigenvalue weighted by Gasteiger charge is 2.17. The number of hydrogen-bond donors (Lipinski definition) is 0. The van der Waals surface area contributed by atoms with Gasteiger partial charge in [-0.3, -0.25) is 4.79 Å². The van der Waals surface area contributed by atoms with Crippen molar-refractivity contribution in [1.82, 2.24) is 4.57 Å². The molecule has 0 radical (unpaired) electrons. The van der Waals surface area contributed by atoms with Gasteiger partial charge in [0.15, 0.2) is 6.61 Å². The van der Waals surface area contributed by atoms with E-state index in [1.807, 2.05) is 74.5 Å². The third-order valence-electron chi connectivity index (χ3n) is 5.10. The zero-order valence-electron chi connectivity index (χ0n) is 16.6. The molecule has 0 aliphatic heterocycles. The van der Waals surface area contributed by atoms with Crippen molar-refractivity contribution in [3.63, 3.8) is 0 Å². The summed E-state index contributed by atoms with van der Waals surface area (Å²) < 4.78 is 8.15. The highest BCUT2D eigenvalue weighted by molar-refractivity contribution is 7.09. The topological polar surface area (TPSA) is 31.2 Å². The molecule has 2 heterocycles. The predicted octanol–water partition coefficient (Wildman–Crippen LogP) is 6.14. The lowest BCUT2D eigenvalue weighted by atomic mass is 10.0. The summed E-state index contributed by atoms with van der Waals surface area (Å²) in [4.78, 5) is 14.2. The van der Waals surface area contributed by atoms with Crippen LogP contribution in [-0.4, -0.2) is 17.0 Å². The minimum Gasteiger partial charge on any atom is -0.485 e. The van der Waals surface area contributed by atoms with Crippen LogP contribution in [0.3, 0.4) is 0 Å². The van der Waals surface area contributed by atoms with Gasteiger partial charge in [0, 0.05) is 27.4 Å². The highest BCUT2D eigenvalue weighted by atomic mass is 32.1. The molecule has 4 heteroatoms. The number of ketones is 1. The lowest BCUT2D eigenvalue weighted by molar-refractivity contribution is 0.0921. The number of carbonyl (C=O) groups is 1. The van der Waals surface area contributed by atoms with Gasteiger partial charge in [0.2, 0.25) is 5.78 Å². The van der Waals surface area contributed by atoms with Crippen LogP contribution in [0.4, 0.5) is 0 Å². The Balaban J connectivity index is 1.52. The fourth-order valence-electron chi connectivity index (χ4n) is 3.55. The first-order chi connectivity index (χ1) is 14.1. The zero-order valence-corrected chi connectivity index (χ0v) is 17.4. The van der Waals surface area contributed by atoms with Gasteiger partial charge in [-0.25, -0.2) is 0 Å². The Morgan fingerprint density at radius 3 is 2.48 bits per heavy atom. The molecule has 0 bridgehead atoms. The van der Waals surface area contributed by atoms with Gasteiger partial charge in [-0.1, -0.05) is 54.6 Å². The van der Waals surface area contributed by atoms with Crippen LogP contribution in [-0.2, 0) is 6.54 Å². The molecule has 0 aliphatic carbocycles. The number of hydrogen-bond acceptors (Lipinski definition) is 3. The Labute approximate surface area is 175 Å². The second-order valence-electron chi connectivity index (χ2n) is 7.02. The molecule has 3 nitrogen and oxygen atoms in total. The molecular weight excluding hydrogens is 378 g/mol. The van der Waals surface area contributed by atoms with E-state index >= 15 is 0 Å². The maximum atomic E-state index is 12.9. The largest absolute Gasteiger partial charge is 0.485 e. The Morgan fingerprint density at radius 2 is 1.72 bits per heavy atom. The van der Waals surface area contributed by atoms with Gasteiger partial charge in [0.05, 0.1) is 6.54 Å². The lowest BCUT2D eigenvalue weighted by Crippen LogP contribution is -2.13. The molecule has 0 N–H and O–H groups in total. The highest BCUT2D eigenvalue weighted by Crippen LogP contribution is 2.30.